The topological polar surface area (TPSA) is 120 Å². The van der Waals surface area contributed by atoms with Gasteiger partial charge in [-0.3, -0.25) is 14.3 Å². The molecule has 0 saturated heterocycles. The molecule has 1 amide bonds. The Morgan fingerprint density at radius 2 is 1.93 bits per heavy atom. The van der Waals surface area contributed by atoms with Crippen molar-refractivity contribution in [2.24, 2.45) is 17.5 Å². The van der Waals surface area contributed by atoms with Crippen LogP contribution in [0.25, 0.3) is 0 Å². The zero-order valence-electron chi connectivity index (χ0n) is 25.7. The molecule has 0 unspecified atom stereocenters. The third-order valence-corrected chi connectivity index (χ3v) is 8.75. The fourth-order valence-corrected chi connectivity index (χ4v) is 6.60. The molecule has 2 aliphatic heterocycles. The highest BCUT2D eigenvalue weighted by molar-refractivity contribution is 7.02. The number of carbonyl (C=O) groups excluding carboxylic acids is 1. The van der Waals surface area contributed by atoms with E-state index in [9.17, 15) is 18.8 Å². The minimum atomic E-state index is -0.515. The van der Waals surface area contributed by atoms with Crippen LogP contribution in [0, 0.1) is 23.6 Å². The van der Waals surface area contributed by atoms with Gasteiger partial charge in [-0.15, -0.1) is 6.42 Å². The molecule has 1 aliphatic carbocycles. The Balaban J connectivity index is 0.000000187. The lowest BCUT2D eigenvalue weighted by atomic mass is 9.92. The summed E-state index contributed by atoms with van der Waals surface area (Å²) < 4.78 is 29.1. The smallest absolute Gasteiger partial charge is 0.355 e. The maximum Gasteiger partial charge on any atom is 0.355 e. The Hall–Kier alpha value is -4.25. The number of rotatable bonds is 4. The molecule has 0 atom stereocenters. The van der Waals surface area contributed by atoms with Crippen molar-refractivity contribution >= 4 is 34.8 Å². The van der Waals surface area contributed by atoms with Crippen LogP contribution in [0.3, 0.4) is 0 Å². The van der Waals surface area contributed by atoms with Crippen molar-refractivity contribution in [1.29, 1.82) is 0 Å². The normalized spacial score (nSPS) is 17.7. The summed E-state index contributed by atoms with van der Waals surface area (Å²) in [5.74, 6) is 3.32. The van der Waals surface area contributed by atoms with E-state index in [1.807, 2.05) is 4.57 Å². The van der Waals surface area contributed by atoms with E-state index >= 15 is 0 Å². The number of anilines is 2. The molecule has 14 heteroatoms. The Morgan fingerprint density at radius 3 is 2.61 bits per heavy atom. The number of hydrogen-bond acceptors (Lipinski definition) is 9. The predicted octanol–water partition coefficient (Wildman–Crippen LogP) is 2.77. The van der Waals surface area contributed by atoms with Crippen molar-refractivity contribution in [1.82, 2.24) is 23.1 Å². The SMILES string of the molecule is C#CCN1C(=O)COc2cc(F)c(N=c3snc4n3CC(C)(C)C4)cc21.CN(C)c1nc(=O)n(C2CCCCC2)c(=O)n1C. The monoisotopic (exact) mass is 624 g/mol. The van der Waals surface area contributed by atoms with Gasteiger partial charge in [0.15, 0.2) is 12.4 Å². The van der Waals surface area contributed by atoms with Crippen molar-refractivity contribution in [2.45, 2.75) is 65.0 Å². The average molecular weight is 625 g/mol. The summed E-state index contributed by atoms with van der Waals surface area (Å²) >= 11 is 1.24. The van der Waals surface area contributed by atoms with E-state index in [-0.39, 0.29) is 41.9 Å². The minimum absolute atomic E-state index is 0.0219. The number of terminal acetylenes is 1. The maximum absolute atomic E-state index is 14.5. The summed E-state index contributed by atoms with van der Waals surface area (Å²) in [6, 6.07) is 2.78. The van der Waals surface area contributed by atoms with E-state index in [0.29, 0.717) is 22.2 Å². The summed E-state index contributed by atoms with van der Waals surface area (Å²) in [4.78, 5) is 48.5. The molecule has 2 aromatic heterocycles. The highest BCUT2D eigenvalue weighted by Crippen LogP contribution is 2.37. The van der Waals surface area contributed by atoms with Crippen LogP contribution in [0.2, 0.25) is 0 Å². The highest BCUT2D eigenvalue weighted by atomic mass is 32.1. The molecule has 1 aromatic carbocycles. The molecule has 44 heavy (non-hydrogen) atoms. The average Bonchev–Trinajstić information content (AvgIpc) is 3.48. The number of ether oxygens (including phenoxy) is 1. The number of halogens is 1. The first-order valence-corrected chi connectivity index (χ1v) is 15.3. The van der Waals surface area contributed by atoms with Crippen LogP contribution in [0.4, 0.5) is 21.7 Å². The van der Waals surface area contributed by atoms with Crippen LogP contribution in [0.1, 0.15) is 57.8 Å². The first kappa shape index (κ1) is 31.2. The number of amides is 1. The van der Waals surface area contributed by atoms with E-state index in [2.05, 4.69) is 34.1 Å². The second-order valence-electron chi connectivity index (χ2n) is 12.3. The quantitative estimate of drug-likeness (QED) is 0.410. The predicted molar refractivity (Wildman–Crippen MR) is 166 cm³/mol. The fraction of sp³-hybridized carbons (Fsp3) is 0.533. The summed E-state index contributed by atoms with van der Waals surface area (Å²) in [5.41, 5.74) is -0.00313. The van der Waals surface area contributed by atoms with Crippen LogP contribution in [-0.2, 0) is 24.8 Å². The second kappa shape index (κ2) is 12.4. The largest absolute Gasteiger partial charge is 0.481 e. The molecule has 3 aromatic rings. The van der Waals surface area contributed by atoms with Gasteiger partial charge in [0.1, 0.15) is 17.3 Å². The molecule has 6 rings (SSSR count). The second-order valence-corrected chi connectivity index (χ2v) is 13.0. The van der Waals surface area contributed by atoms with Crippen molar-refractivity contribution in [3.05, 3.63) is 49.5 Å². The minimum Gasteiger partial charge on any atom is -0.481 e. The Labute approximate surface area is 258 Å². The van der Waals surface area contributed by atoms with Crippen LogP contribution < -0.4 is 30.7 Å². The highest BCUT2D eigenvalue weighted by Gasteiger charge is 2.31. The van der Waals surface area contributed by atoms with Gasteiger partial charge in [0, 0.05) is 57.7 Å². The van der Waals surface area contributed by atoms with Gasteiger partial charge in [0.05, 0.1) is 12.2 Å². The summed E-state index contributed by atoms with van der Waals surface area (Å²) in [6.45, 7) is 5.05. The van der Waals surface area contributed by atoms with Crippen molar-refractivity contribution in [2.75, 3.05) is 37.0 Å². The van der Waals surface area contributed by atoms with Crippen molar-refractivity contribution < 1.29 is 13.9 Å². The third kappa shape index (κ3) is 6.19. The molecule has 0 radical (unpaired) electrons. The van der Waals surface area contributed by atoms with Gasteiger partial charge in [-0.1, -0.05) is 39.0 Å². The summed E-state index contributed by atoms with van der Waals surface area (Å²) in [6.07, 6.45) is 11.4. The number of hydrogen-bond donors (Lipinski definition) is 0. The van der Waals surface area contributed by atoms with Gasteiger partial charge in [-0.2, -0.15) is 9.36 Å². The third-order valence-electron chi connectivity index (χ3n) is 7.97. The zero-order valence-corrected chi connectivity index (χ0v) is 26.5. The van der Waals surface area contributed by atoms with Gasteiger partial charge in [-0.25, -0.2) is 23.5 Å². The molecular formula is C30H37FN8O4S. The van der Waals surface area contributed by atoms with Crippen molar-refractivity contribution in [3.8, 4) is 18.1 Å². The number of nitrogens with zero attached hydrogens (tertiary/aromatic N) is 8. The van der Waals surface area contributed by atoms with Gasteiger partial charge >= 0.3 is 11.4 Å². The summed E-state index contributed by atoms with van der Waals surface area (Å²) in [7, 11) is 5.20. The molecule has 12 nitrogen and oxygen atoms in total. The van der Waals surface area contributed by atoms with Gasteiger partial charge in [0.25, 0.3) is 5.91 Å². The van der Waals surface area contributed by atoms with Crippen LogP contribution >= 0.6 is 11.5 Å². The zero-order chi connectivity index (χ0) is 31.8. The Kier molecular flexibility index (Phi) is 8.78. The standard InChI is InChI=1S/C18H17FN4O2S.C12H20N4O2/c1-4-5-22-13-7-12(11(19)6-14(13)25-9-16(22)24)20-17-23-10-18(2,3)8-15(23)21-26-17;1-14(2)10-13-11(17)16(12(18)15(10)3)9-7-5-4-6-8-9/h1,6-7H,5,8-10H2,2-3H3;9H,4-8H2,1-3H3. The molecule has 1 saturated carbocycles. The number of aromatic nitrogens is 5. The van der Waals surface area contributed by atoms with Gasteiger partial charge in [0.2, 0.25) is 10.7 Å². The van der Waals surface area contributed by atoms with E-state index < -0.39 is 11.5 Å². The van der Waals surface area contributed by atoms with E-state index in [4.69, 9.17) is 11.2 Å². The van der Waals surface area contributed by atoms with Gasteiger partial charge < -0.3 is 14.2 Å². The lowest BCUT2D eigenvalue weighted by molar-refractivity contribution is -0.121. The maximum atomic E-state index is 14.5. The van der Waals surface area contributed by atoms with Crippen LogP contribution in [-0.4, -0.2) is 56.2 Å². The summed E-state index contributed by atoms with van der Waals surface area (Å²) in [5, 5.41) is 0. The molecule has 0 spiro atoms. The molecule has 3 aliphatic rings. The van der Waals surface area contributed by atoms with Gasteiger partial charge in [-0.05, 0) is 24.3 Å². The van der Waals surface area contributed by atoms with Crippen LogP contribution in [0.15, 0.2) is 26.7 Å². The Morgan fingerprint density at radius 1 is 1.20 bits per heavy atom. The van der Waals surface area contributed by atoms with Crippen molar-refractivity contribution in [3.63, 3.8) is 0 Å². The van der Waals surface area contributed by atoms with E-state index in [1.165, 1.54) is 44.1 Å². The molecule has 0 bridgehead atoms. The molecule has 1 fully saturated rings. The molecule has 0 N–H and O–H groups in total. The molecule has 234 valence electrons. The number of carbonyl (C=O) groups is 1. The molecule has 4 heterocycles. The number of fused-ring (bicyclic) bond motifs is 2. The van der Waals surface area contributed by atoms with Crippen LogP contribution in [0.5, 0.6) is 5.75 Å². The first-order valence-electron chi connectivity index (χ1n) is 14.6. The van der Waals surface area contributed by atoms with E-state index in [0.717, 1.165) is 44.5 Å². The Bertz CT molecular complexity index is 1810. The van der Waals surface area contributed by atoms with E-state index in [1.54, 1.807) is 26.0 Å². The fourth-order valence-electron chi connectivity index (χ4n) is 5.84. The first-order chi connectivity index (χ1) is 20.9. The lowest BCUT2D eigenvalue weighted by Crippen LogP contribution is -2.45. The number of benzene rings is 1. The molecular weight excluding hydrogens is 587 g/mol. The lowest BCUT2D eigenvalue weighted by Gasteiger charge is -2.28.